The fourth-order valence-electron chi connectivity index (χ4n) is 2.57. The second-order valence-electron chi connectivity index (χ2n) is 4.87. The first kappa shape index (κ1) is 13.5. The van der Waals surface area contributed by atoms with E-state index in [0.29, 0.717) is 5.25 Å². The van der Waals surface area contributed by atoms with Gasteiger partial charge in [-0.05, 0) is 45.7 Å². The molecule has 0 saturated heterocycles. The Hall–Kier alpha value is -0.940. The Bertz CT molecular complexity index is 432. The summed E-state index contributed by atoms with van der Waals surface area (Å²) in [6.45, 7) is 1.96. The van der Waals surface area contributed by atoms with E-state index >= 15 is 0 Å². The number of rotatable bonds is 4. The average Bonchev–Trinajstić information content (AvgIpc) is 2.75. The number of carbonyl (C=O) groups excluding carboxylic acids is 1. The Morgan fingerprint density at radius 2 is 2.44 bits per heavy atom. The van der Waals surface area contributed by atoms with Crippen LogP contribution >= 0.6 is 11.8 Å². The van der Waals surface area contributed by atoms with Gasteiger partial charge in [-0.1, -0.05) is 0 Å². The largest absolute Gasteiger partial charge is 0.468 e. The van der Waals surface area contributed by atoms with Gasteiger partial charge in [0.05, 0.1) is 11.8 Å². The molecule has 4 nitrogen and oxygen atoms in total. The summed E-state index contributed by atoms with van der Waals surface area (Å²) in [6, 6.07) is 1.99. The van der Waals surface area contributed by atoms with Crippen LogP contribution in [0.4, 0.5) is 0 Å². The molecular formula is C13H20N2O2S. The molecule has 1 aliphatic rings. The van der Waals surface area contributed by atoms with Crippen molar-refractivity contribution in [3.8, 4) is 0 Å². The lowest BCUT2D eigenvalue weighted by Gasteiger charge is -2.38. The van der Waals surface area contributed by atoms with Crippen molar-refractivity contribution >= 4 is 17.7 Å². The molecule has 0 bridgehead atoms. The smallest absolute Gasteiger partial charge is 0.237 e. The van der Waals surface area contributed by atoms with Gasteiger partial charge in [0.25, 0.3) is 0 Å². The van der Waals surface area contributed by atoms with Crippen LogP contribution in [0.15, 0.2) is 21.6 Å². The molecule has 5 heteroatoms. The van der Waals surface area contributed by atoms with E-state index in [9.17, 15) is 4.79 Å². The van der Waals surface area contributed by atoms with Crippen LogP contribution in [0.2, 0.25) is 0 Å². The summed E-state index contributed by atoms with van der Waals surface area (Å²) in [7, 11) is 1.82. The van der Waals surface area contributed by atoms with Gasteiger partial charge in [0.15, 0.2) is 0 Å². The molecule has 1 amide bonds. The molecule has 3 N–H and O–H groups in total. The van der Waals surface area contributed by atoms with Gasteiger partial charge in [0.1, 0.15) is 5.76 Å². The molecule has 1 saturated carbocycles. The van der Waals surface area contributed by atoms with E-state index in [4.69, 9.17) is 10.2 Å². The maximum absolute atomic E-state index is 11.7. The lowest BCUT2D eigenvalue weighted by Crippen LogP contribution is -2.57. The number of nitrogens with two attached hydrogens (primary N) is 1. The van der Waals surface area contributed by atoms with Crippen molar-refractivity contribution in [2.45, 2.75) is 48.3 Å². The Morgan fingerprint density at radius 1 is 1.67 bits per heavy atom. The molecular weight excluding hydrogens is 248 g/mol. The molecule has 0 aromatic carbocycles. The average molecular weight is 268 g/mol. The highest BCUT2D eigenvalue weighted by molar-refractivity contribution is 8.00. The number of thioether (sulfide) groups is 1. The SMILES string of the molecule is CNC1(C(N)=O)CCCC(Sc2ccoc2C)C1. The van der Waals surface area contributed by atoms with Crippen LogP contribution in [0.1, 0.15) is 31.4 Å². The molecule has 18 heavy (non-hydrogen) atoms. The van der Waals surface area contributed by atoms with Gasteiger partial charge in [0, 0.05) is 10.1 Å². The zero-order chi connectivity index (χ0) is 13.2. The van der Waals surface area contributed by atoms with E-state index in [2.05, 4.69) is 5.32 Å². The molecule has 1 heterocycles. The summed E-state index contributed by atoms with van der Waals surface area (Å²) in [5.41, 5.74) is 5.01. The molecule has 2 rings (SSSR count). The number of hydrogen-bond acceptors (Lipinski definition) is 4. The molecule has 0 spiro atoms. The first-order chi connectivity index (χ1) is 8.57. The number of nitrogens with one attached hydrogen (secondary N) is 1. The van der Waals surface area contributed by atoms with E-state index in [-0.39, 0.29) is 5.91 Å². The van der Waals surface area contributed by atoms with E-state index in [1.807, 2.05) is 20.0 Å². The molecule has 0 radical (unpaired) electrons. The Morgan fingerprint density at radius 3 is 3.00 bits per heavy atom. The van der Waals surface area contributed by atoms with Crippen LogP contribution < -0.4 is 11.1 Å². The molecule has 0 aliphatic heterocycles. The first-order valence-corrected chi connectivity index (χ1v) is 7.15. The number of carbonyl (C=O) groups is 1. The quantitative estimate of drug-likeness (QED) is 0.877. The van der Waals surface area contributed by atoms with Gasteiger partial charge in [-0.25, -0.2) is 0 Å². The van der Waals surface area contributed by atoms with Gasteiger partial charge < -0.3 is 15.5 Å². The van der Waals surface area contributed by atoms with Crippen LogP contribution in [0.25, 0.3) is 0 Å². The lowest BCUT2D eigenvalue weighted by atomic mass is 9.81. The summed E-state index contributed by atoms with van der Waals surface area (Å²) in [5.74, 6) is 0.707. The van der Waals surface area contributed by atoms with Crippen LogP contribution in [0.3, 0.4) is 0 Å². The highest BCUT2D eigenvalue weighted by atomic mass is 32.2. The minimum atomic E-state index is -0.534. The Kier molecular flexibility index (Phi) is 4.02. The monoisotopic (exact) mass is 268 g/mol. The summed E-state index contributed by atoms with van der Waals surface area (Å²) in [5, 5.41) is 3.54. The zero-order valence-corrected chi connectivity index (χ0v) is 11.7. The van der Waals surface area contributed by atoms with Crippen LogP contribution in [-0.4, -0.2) is 23.7 Å². The molecule has 1 aromatic rings. The van der Waals surface area contributed by atoms with Crippen molar-refractivity contribution in [3.63, 3.8) is 0 Å². The summed E-state index contributed by atoms with van der Waals surface area (Å²) in [6.07, 6.45) is 5.47. The number of furan rings is 1. The molecule has 2 unspecified atom stereocenters. The first-order valence-electron chi connectivity index (χ1n) is 6.27. The van der Waals surface area contributed by atoms with E-state index in [1.54, 1.807) is 18.0 Å². The number of aryl methyl sites for hydroxylation is 1. The Labute approximate surface area is 112 Å². The van der Waals surface area contributed by atoms with Crippen LogP contribution in [-0.2, 0) is 4.79 Å². The lowest BCUT2D eigenvalue weighted by molar-refractivity contribution is -0.125. The topological polar surface area (TPSA) is 68.3 Å². The summed E-state index contributed by atoms with van der Waals surface area (Å²) in [4.78, 5) is 12.8. The van der Waals surface area contributed by atoms with Gasteiger partial charge in [0.2, 0.25) is 5.91 Å². The third-order valence-corrected chi connectivity index (χ3v) is 5.17. The standard InChI is InChI=1S/C13H20N2O2S/c1-9-11(5-7-17-9)18-10-4-3-6-13(8-10,15-2)12(14)16/h5,7,10,15H,3-4,6,8H2,1-2H3,(H2,14,16). The minimum absolute atomic E-state index is 0.237. The third kappa shape index (κ3) is 2.57. The van der Waals surface area contributed by atoms with Gasteiger partial charge in [-0.3, -0.25) is 4.79 Å². The van der Waals surface area contributed by atoms with Crippen LogP contribution in [0, 0.1) is 6.92 Å². The van der Waals surface area contributed by atoms with E-state index < -0.39 is 5.54 Å². The maximum atomic E-state index is 11.7. The van der Waals surface area contributed by atoms with Crippen LogP contribution in [0.5, 0.6) is 0 Å². The second kappa shape index (κ2) is 5.36. The van der Waals surface area contributed by atoms with E-state index in [0.717, 1.165) is 36.3 Å². The number of primary amides is 1. The number of likely N-dealkylation sites (N-methyl/N-ethyl adjacent to an activating group) is 1. The fourth-order valence-corrected chi connectivity index (χ4v) is 3.93. The van der Waals surface area contributed by atoms with Crippen molar-refractivity contribution in [3.05, 3.63) is 18.1 Å². The fraction of sp³-hybridized carbons (Fsp3) is 0.615. The summed E-state index contributed by atoms with van der Waals surface area (Å²) < 4.78 is 5.30. The predicted octanol–water partition coefficient (Wildman–Crippen LogP) is 2.07. The molecule has 1 fully saturated rings. The highest BCUT2D eigenvalue weighted by Crippen LogP contribution is 2.39. The predicted molar refractivity (Wildman–Crippen MR) is 72.5 cm³/mol. The summed E-state index contributed by atoms with van der Waals surface area (Å²) >= 11 is 1.79. The van der Waals surface area contributed by atoms with Gasteiger partial charge in [-0.15, -0.1) is 11.8 Å². The van der Waals surface area contributed by atoms with Gasteiger partial charge >= 0.3 is 0 Å². The van der Waals surface area contributed by atoms with Crippen molar-refractivity contribution in [1.29, 1.82) is 0 Å². The van der Waals surface area contributed by atoms with Crippen molar-refractivity contribution in [2.24, 2.45) is 5.73 Å². The van der Waals surface area contributed by atoms with Gasteiger partial charge in [-0.2, -0.15) is 0 Å². The number of hydrogen-bond donors (Lipinski definition) is 2. The highest BCUT2D eigenvalue weighted by Gasteiger charge is 2.40. The second-order valence-corrected chi connectivity index (χ2v) is 6.22. The molecule has 1 aliphatic carbocycles. The number of amides is 1. The van der Waals surface area contributed by atoms with Crippen molar-refractivity contribution < 1.29 is 9.21 Å². The zero-order valence-electron chi connectivity index (χ0n) is 10.9. The molecule has 2 atom stereocenters. The molecule has 100 valence electrons. The Balaban J connectivity index is 2.07. The third-order valence-electron chi connectivity index (χ3n) is 3.76. The van der Waals surface area contributed by atoms with Crippen molar-refractivity contribution in [2.75, 3.05) is 7.05 Å². The normalized spacial score (nSPS) is 28.2. The maximum Gasteiger partial charge on any atom is 0.237 e. The molecule has 1 aromatic heterocycles. The minimum Gasteiger partial charge on any atom is -0.468 e. The van der Waals surface area contributed by atoms with E-state index in [1.165, 1.54) is 0 Å². The van der Waals surface area contributed by atoms with Crippen molar-refractivity contribution in [1.82, 2.24) is 5.32 Å².